The van der Waals surface area contributed by atoms with Crippen LogP contribution >= 0.6 is 23.5 Å². The first-order valence-corrected chi connectivity index (χ1v) is 31.9. The van der Waals surface area contributed by atoms with Crippen molar-refractivity contribution >= 4 is 70.5 Å². The monoisotopic (exact) mass is 1210 g/mol. The summed E-state index contributed by atoms with van der Waals surface area (Å²) in [5.41, 5.74) is 0. The summed E-state index contributed by atoms with van der Waals surface area (Å²) in [5.74, 6) is 0.499. The van der Waals surface area contributed by atoms with E-state index >= 15 is 0 Å². The Hall–Kier alpha value is -3.14. The van der Waals surface area contributed by atoms with Gasteiger partial charge < -0.3 is 57.6 Å². The molecule has 1 N–H and O–H groups in total. The lowest BCUT2D eigenvalue weighted by atomic mass is 10.1. The quantitative estimate of drug-likeness (QED) is 0.0603. The van der Waals surface area contributed by atoms with E-state index in [1.54, 1.807) is 35.5 Å². The van der Waals surface area contributed by atoms with E-state index in [0.717, 1.165) is 62.9 Å². The fraction of sp³-hybridized carbons (Fsp3) is 0.862. The Morgan fingerprint density at radius 1 is 0.476 bits per heavy atom. The molecule has 4 atom stereocenters. The van der Waals surface area contributed by atoms with Gasteiger partial charge in [0.15, 0.2) is 0 Å². The maximum Gasteiger partial charge on any atom is 0.242 e. The van der Waals surface area contributed by atoms with E-state index < -0.39 is 10.5 Å². The van der Waals surface area contributed by atoms with Gasteiger partial charge in [-0.25, -0.2) is 0 Å². The third-order valence-electron chi connectivity index (χ3n) is 13.7. The zero-order valence-electron chi connectivity index (χ0n) is 50.3. The fourth-order valence-electron chi connectivity index (χ4n) is 8.85. The van der Waals surface area contributed by atoms with Gasteiger partial charge in [-0.1, -0.05) is 25.7 Å². The largest absolute Gasteiger partial charge is 0.382 e. The molecule has 0 aromatic carbocycles. The number of thioether (sulfide) groups is 2. The van der Waals surface area contributed by atoms with Crippen molar-refractivity contribution in [3.05, 3.63) is 0 Å². The van der Waals surface area contributed by atoms with Crippen LogP contribution in [0.4, 0.5) is 0 Å². The lowest BCUT2D eigenvalue weighted by molar-refractivity contribution is -0.140. The number of nitrogens with zero attached hydrogens (tertiary/aromatic N) is 3. The number of hydrogen-bond donors (Lipinski definition) is 1. The number of unbranched alkanes of at least 4 members (excludes halogenated alkanes) is 8. The van der Waals surface area contributed by atoms with E-state index in [2.05, 4.69) is 5.32 Å². The first-order chi connectivity index (χ1) is 39.9. The first-order valence-electron chi connectivity index (χ1n) is 29.8. The van der Waals surface area contributed by atoms with Crippen LogP contribution in [0.2, 0.25) is 0 Å². The van der Waals surface area contributed by atoms with Gasteiger partial charge in [-0.15, -0.1) is 23.5 Å². The van der Waals surface area contributed by atoms with E-state index in [0.29, 0.717) is 163 Å². The van der Waals surface area contributed by atoms with Crippen LogP contribution < -0.4 is 5.32 Å². The molecule has 0 radical (unpaired) electrons. The summed E-state index contributed by atoms with van der Waals surface area (Å²) in [7, 11) is 8.03. The van der Waals surface area contributed by atoms with Gasteiger partial charge in [0.05, 0.1) is 89.8 Å². The van der Waals surface area contributed by atoms with Crippen LogP contribution in [0.3, 0.4) is 0 Å². The zero-order chi connectivity index (χ0) is 59.8. The number of methoxy groups -OCH3 is 4. The molecule has 22 nitrogen and oxygen atoms in total. The minimum absolute atomic E-state index is 0.00769. The molecule has 0 aromatic rings. The average molecular weight is 1210 g/mol. The molecule has 2 aliphatic rings. The predicted octanol–water partition coefficient (Wildman–Crippen LogP) is 5.25. The molecule has 2 saturated heterocycles. The second-order valence-electron chi connectivity index (χ2n) is 20.4. The smallest absolute Gasteiger partial charge is 0.242 e. The summed E-state index contributed by atoms with van der Waals surface area (Å²) >= 11 is 2.99. The van der Waals surface area contributed by atoms with Crippen LogP contribution in [0.1, 0.15) is 135 Å². The standard InChI is InChI=1S/C58H102N4O18S2/c1-59-53(65)21-18-22-54(66)60(25-12-6-8-16-39-81-51-41-55(67)61(57(51)69)27-23-47(63)19-10-14-29-75-43-49(79-37-33-73-4)45-77-35-31-71-2)26-13-7-9-17-40-82-52-42-56(68)62(58(52)70)28-24-48(64)20-11-15-30-76-44-50(80-38-34-74-5)46-78-36-32-72-3/h49-52H,6-46H2,1-5H3,(H,59,65). The molecule has 2 heterocycles. The van der Waals surface area contributed by atoms with Gasteiger partial charge >= 0.3 is 0 Å². The van der Waals surface area contributed by atoms with Gasteiger partial charge in [-0.2, -0.15) is 0 Å². The number of amides is 6. The molecule has 0 aliphatic carbocycles. The van der Waals surface area contributed by atoms with Gasteiger partial charge in [0.2, 0.25) is 35.4 Å². The van der Waals surface area contributed by atoms with Crippen molar-refractivity contribution in [2.45, 2.75) is 158 Å². The molecular formula is C58H102N4O18S2. The maximum atomic E-state index is 13.3. The van der Waals surface area contributed by atoms with Crippen molar-refractivity contribution in [1.82, 2.24) is 20.0 Å². The SMILES string of the molecule is CNC(=O)CCCC(=O)N(CCCCCCSC1CC(=O)N(CCC(=O)CCCCOCC(COCCOC)OCCOC)C1=O)CCCCCCSC1CC(=O)N(CCC(=O)CCCCOCC(COCCOC)OCCOC)C1=O. The Morgan fingerprint density at radius 3 is 1.29 bits per heavy atom. The molecule has 24 heteroatoms. The Morgan fingerprint density at radius 2 is 0.878 bits per heavy atom. The highest BCUT2D eigenvalue weighted by Crippen LogP contribution is 2.28. The maximum absolute atomic E-state index is 13.3. The van der Waals surface area contributed by atoms with Crippen molar-refractivity contribution in [2.24, 2.45) is 0 Å². The molecule has 2 fully saturated rings. The number of imide groups is 2. The summed E-state index contributed by atoms with van der Waals surface area (Å²) < 4.78 is 54.4. The van der Waals surface area contributed by atoms with E-state index in [9.17, 15) is 38.4 Å². The highest BCUT2D eigenvalue weighted by Gasteiger charge is 2.39. The van der Waals surface area contributed by atoms with Crippen LogP contribution in [0.5, 0.6) is 0 Å². The third kappa shape index (κ3) is 36.0. The Kier molecular flexibility index (Phi) is 45.8. The molecule has 0 bridgehead atoms. The molecule has 2 rings (SSSR count). The van der Waals surface area contributed by atoms with Crippen LogP contribution in [-0.2, 0) is 85.7 Å². The molecule has 0 spiro atoms. The van der Waals surface area contributed by atoms with E-state index in [-0.39, 0.29) is 98.0 Å². The second-order valence-corrected chi connectivity index (χ2v) is 23.0. The van der Waals surface area contributed by atoms with Gasteiger partial charge in [-0.3, -0.25) is 48.2 Å². The number of rotatable bonds is 58. The molecule has 0 saturated carbocycles. The van der Waals surface area contributed by atoms with Crippen LogP contribution in [0.15, 0.2) is 0 Å². The third-order valence-corrected chi connectivity index (χ3v) is 16.3. The fourth-order valence-corrected chi connectivity index (χ4v) is 11.2. The highest BCUT2D eigenvalue weighted by atomic mass is 32.2. The lowest BCUT2D eigenvalue weighted by Crippen LogP contribution is -2.33. The Labute approximate surface area is 497 Å². The first kappa shape index (κ1) is 75.0. The van der Waals surface area contributed by atoms with E-state index in [4.69, 9.17) is 47.4 Å². The number of ether oxygens (including phenoxy) is 10. The van der Waals surface area contributed by atoms with Gasteiger partial charge in [0.25, 0.3) is 0 Å². The van der Waals surface area contributed by atoms with Gasteiger partial charge in [0.1, 0.15) is 23.8 Å². The van der Waals surface area contributed by atoms with Gasteiger partial charge in [-0.05, 0) is 69.3 Å². The highest BCUT2D eigenvalue weighted by molar-refractivity contribution is 8.00. The molecule has 4 unspecified atom stereocenters. The summed E-state index contributed by atoms with van der Waals surface area (Å²) in [5, 5.41) is 1.73. The Bertz CT molecular complexity index is 1670. The summed E-state index contributed by atoms with van der Waals surface area (Å²) in [6, 6.07) is 0. The van der Waals surface area contributed by atoms with Crippen molar-refractivity contribution in [3.63, 3.8) is 0 Å². The average Bonchev–Trinajstić information content (AvgIpc) is 4.12. The Balaban J connectivity index is 1.62. The van der Waals surface area contributed by atoms with Crippen molar-refractivity contribution < 1.29 is 85.7 Å². The molecule has 2 aliphatic heterocycles. The lowest BCUT2D eigenvalue weighted by Gasteiger charge is -2.23. The van der Waals surface area contributed by atoms with E-state index in [1.165, 1.54) is 33.3 Å². The normalized spacial score (nSPS) is 16.2. The molecule has 0 aromatic heterocycles. The molecule has 82 heavy (non-hydrogen) atoms. The number of carbonyl (C=O) groups is 8. The zero-order valence-corrected chi connectivity index (χ0v) is 51.9. The summed E-state index contributed by atoms with van der Waals surface area (Å²) in [4.78, 5) is 107. The van der Waals surface area contributed by atoms with Crippen molar-refractivity contribution in [2.75, 3.05) is 166 Å². The predicted molar refractivity (Wildman–Crippen MR) is 314 cm³/mol. The number of ketones is 2. The number of carbonyl (C=O) groups excluding carboxylic acids is 8. The minimum atomic E-state index is -0.437. The number of likely N-dealkylation sites (tertiary alicyclic amines) is 2. The topological polar surface area (TPSA) is 251 Å². The number of nitrogens with one attached hydrogen (secondary N) is 1. The van der Waals surface area contributed by atoms with Gasteiger partial charge in [0, 0.05) is 126 Å². The second kappa shape index (κ2) is 50.1. The minimum Gasteiger partial charge on any atom is -0.382 e. The van der Waals surface area contributed by atoms with Crippen molar-refractivity contribution in [1.29, 1.82) is 0 Å². The summed E-state index contributed by atoms with van der Waals surface area (Å²) in [6.45, 7) is 7.55. The van der Waals surface area contributed by atoms with Crippen LogP contribution in [-0.4, -0.2) is 250 Å². The molecular weight excluding hydrogens is 1100 g/mol. The molecule has 6 amide bonds. The van der Waals surface area contributed by atoms with Crippen LogP contribution in [0.25, 0.3) is 0 Å². The number of hydrogen-bond acceptors (Lipinski definition) is 20. The van der Waals surface area contributed by atoms with Crippen LogP contribution in [0, 0.1) is 0 Å². The number of Topliss-reactive ketones (excluding diaryl/α,β-unsaturated/α-hetero) is 2. The van der Waals surface area contributed by atoms with E-state index in [1.807, 2.05) is 4.90 Å². The molecule has 474 valence electrons. The summed E-state index contributed by atoms with van der Waals surface area (Å²) in [6.07, 6.45) is 11.5. The van der Waals surface area contributed by atoms with Crippen molar-refractivity contribution in [3.8, 4) is 0 Å².